The highest BCUT2D eigenvalue weighted by Crippen LogP contribution is 2.16. The average Bonchev–Trinajstić information content (AvgIpc) is 2.28. The van der Waals surface area contributed by atoms with Gasteiger partial charge in [0.15, 0.2) is 5.78 Å². The molecule has 0 aliphatic carbocycles. The SMILES string of the molecule is CCCCNCC(=O)c1ccc(Cl)c(C)c1. The molecule has 0 radical (unpaired) electrons. The molecule has 0 aromatic heterocycles. The Balaban J connectivity index is 2.50. The topological polar surface area (TPSA) is 29.1 Å². The van der Waals surface area contributed by atoms with Gasteiger partial charge in [0, 0.05) is 10.6 Å². The van der Waals surface area contributed by atoms with Crippen LogP contribution in [0.25, 0.3) is 0 Å². The molecule has 2 nitrogen and oxygen atoms in total. The number of aryl methyl sites for hydroxylation is 1. The van der Waals surface area contributed by atoms with Crippen molar-refractivity contribution in [3.63, 3.8) is 0 Å². The summed E-state index contributed by atoms with van der Waals surface area (Å²) in [6.07, 6.45) is 2.24. The fourth-order valence-electron chi connectivity index (χ4n) is 1.42. The molecular weight excluding hydrogens is 222 g/mol. The lowest BCUT2D eigenvalue weighted by molar-refractivity contribution is 0.0991. The lowest BCUT2D eigenvalue weighted by atomic mass is 10.1. The summed E-state index contributed by atoms with van der Waals surface area (Å²) >= 11 is 5.90. The number of carbonyl (C=O) groups is 1. The van der Waals surface area contributed by atoms with Gasteiger partial charge in [0.2, 0.25) is 0 Å². The monoisotopic (exact) mass is 239 g/mol. The maximum atomic E-state index is 11.8. The first kappa shape index (κ1) is 13.2. The van der Waals surface area contributed by atoms with Crippen molar-refractivity contribution in [2.45, 2.75) is 26.7 Å². The highest BCUT2D eigenvalue weighted by molar-refractivity contribution is 6.31. The van der Waals surface area contributed by atoms with Gasteiger partial charge in [-0.3, -0.25) is 4.79 Å². The van der Waals surface area contributed by atoms with E-state index in [0.29, 0.717) is 11.6 Å². The van der Waals surface area contributed by atoms with Gasteiger partial charge in [-0.05, 0) is 43.7 Å². The highest BCUT2D eigenvalue weighted by atomic mass is 35.5. The normalized spacial score (nSPS) is 10.4. The molecule has 0 fully saturated rings. The number of rotatable bonds is 6. The first-order chi connectivity index (χ1) is 7.65. The van der Waals surface area contributed by atoms with Gasteiger partial charge in [0.05, 0.1) is 6.54 Å². The number of Topliss-reactive ketones (excluding diaryl/α,β-unsaturated/α-hetero) is 1. The predicted molar refractivity (Wildman–Crippen MR) is 68.3 cm³/mol. The number of nitrogens with one attached hydrogen (secondary N) is 1. The minimum absolute atomic E-state index is 0.121. The Hall–Kier alpha value is -0.860. The summed E-state index contributed by atoms with van der Waals surface area (Å²) in [5.41, 5.74) is 1.67. The van der Waals surface area contributed by atoms with Crippen LogP contribution in [-0.2, 0) is 0 Å². The summed E-state index contributed by atoms with van der Waals surface area (Å²) < 4.78 is 0. The molecule has 3 heteroatoms. The van der Waals surface area contributed by atoms with Gasteiger partial charge < -0.3 is 5.32 Å². The molecule has 0 aliphatic rings. The summed E-state index contributed by atoms with van der Waals surface area (Å²) in [7, 11) is 0. The first-order valence-electron chi connectivity index (χ1n) is 5.65. The van der Waals surface area contributed by atoms with Gasteiger partial charge in [-0.1, -0.05) is 24.9 Å². The molecule has 1 rings (SSSR count). The molecule has 1 aromatic carbocycles. The number of unbranched alkanes of at least 4 members (excludes halogenated alkanes) is 1. The van der Waals surface area contributed by atoms with Crippen molar-refractivity contribution in [3.8, 4) is 0 Å². The molecule has 1 N–H and O–H groups in total. The Morgan fingerprint density at radius 3 is 2.81 bits per heavy atom. The van der Waals surface area contributed by atoms with Crippen LogP contribution in [-0.4, -0.2) is 18.9 Å². The van der Waals surface area contributed by atoms with Crippen molar-refractivity contribution in [2.75, 3.05) is 13.1 Å². The van der Waals surface area contributed by atoms with E-state index in [1.807, 2.05) is 13.0 Å². The van der Waals surface area contributed by atoms with Gasteiger partial charge in [0.1, 0.15) is 0 Å². The van der Waals surface area contributed by atoms with Crippen molar-refractivity contribution in [2.24, 2.45) is 0 Å². The number of hydrogen-bond donors (Lipinski definition) is 1. The summed E-state index contributed by atoms with van der Waals surface area (Å²) in [6.45, 7) is 5.34. The molecular formula is C13H18ClNO. The second-order valence-electron chi connectivity index (χ2n) is 3.92. The van der Waals surface area contributed by atoms with E-state index in [0.717, 1.165) is 30.5 Å². The van der Waals surface area contributed by atoms with E-state index in [-0.39, 0.29) is 5.78 Å². The van der Waals surface area contributed by atoms with Crippen LogP contribution in [0.4, 0.5) is 0 Å². The molecule has 0 saturated heterocycles. The predicted octanol–water partition coefficient (Wildman–Crippen LogP) is 3.22. The minimum Gasteiger partial charge on any atom is -0.310 e. The lowest BCUT2D eigenvalue weighted by Crippen LogP contribution is -2.23. The van der Waals surface area contributed by atoms with Crippen molar-refractivity contribution >= 4 is 17.4 Å². The molecule has 1 aromatic rings. The van der Waals surface area contributed by atoms with Gasteiger partial charge in [-0.25, -0.2) is 0 Å². The smallest absolute Gasteiger partial charge is 0.176 e. The molecule has 0 spiro atoms. The first-order valence-corrected chi connectivity index (χ1v) is 6.03. The van der Waals surface area contributed by atoms with Crippen LogP contribution >= 0.6 is 11.6 Å². The van der Waals surface area contributed by atoms with E-state index in [9.17, 15) is 4.79 Å². The molecule has 88 valence electrons. The van der Waals surface area contributed by atoms with E-state index in [4.69, 9.17) is 11.6 Å². The third kappa shape index (κ3) is 3.95. The summed E-state index contributed by atoms with van der Waals surface area (Å²) in [6, 6.07) is 5.39. The fraction of sp³-hybridized carbons (Fsp3) is 0.462. The zero-order valence-corrected chi connectivity index (χ0v) is 10.6. The van der Waals surface area contributed by atoms with Crippen LogP contribution in [0.2, 0.25) is 5.02 Å². The van der Waals surface area contributed by atoms with E-state index in [1.165, 1.54) is 0 Å². The van der Waals surface area contributed by atoms with E-state index < -0.39 is 0 Å². The van der Waals surface area contributed by atoms with E-state index in [1.54, 1.807) is 12.1 Å². The number of carbonyl (C=O) groups excluding carboxylic acids is 1. The van der Waals surface area contributed by atoms with Crippen LogP contribution in [0, 0.1) is 6.92 Å². The molecule has 0 saturated carbocycles. The number of ketones is 1. The average molecular weight is 240 g/mol. The maximum Gasteiger partial charge on any atom is 0.176 e. The standard InChI is InChI=1S/C13H18ClNO/c1-3-4-7-15-9-13(16)11-5-6-12(14)10(2)8-11/h5-6,8,15H,3-4,7,9H2,1-2H3. The van der Waals surface area contributed by atoms with E-state index in [2.05, 4.69) is 12.2 Å². The number of halogens is 1. The fourth-order valence-corrected chi connectivity index (χ4v) is 1.54. The summed E-state index contributed by atoms with van der Waals surface area (Å²) in [4.78, 5) is 11.8. The molecule has 0 amide bonds. The molecule has 0 atom stereocenters. The van der Waals surface area contributed by atoms with Gasteiger partial charge in [0.25, 0.3) is 0 Å². The molecule has 0 aliphatic heterocycles. The van der Waals surface area contributed by atoms with Crippen molar-refractivity contribution < 1.29 is 4.79 Å². The van der Waals surface area contributed by atoms with Gasteiger partial charge >= 0.3 is 0 Å². The zero-order valence-electron chi connectivity index (χ0n) is 9.85. The third-order valence-electron chi connectivity index (χ3n) is 2.47. The second kappa shape index (κ2) is 6.66. The van der Waals surface area contributed by atoms with Crippen LogP contribution in [0.3, 0.4) is 0 Å². The third-order valence-corrected chi connectivity index (χ3v) is 2.90. The highest BCUT2D eigenvalue weighted by Gasteiger charge is 2.06. The maximum absolute atomic E-state index is 11.8. The summed E-state index contributed by atoms with van der Waals surface area (Å²) in [5.74, 6) is 0.121. The molecule has 0 unspecified atom stereocenters. The van der Waals surface area contributed by atoms with Gasteiger partial charge in [-0.15, -0.1) is 0 Å². The van der Waals surface area contributed by atoms with Crippen LogP contribution in [0.15, 0.2) is 18.2 Å². The van der Waals surface area contributed by atoms with Crippen molar-refractivity contribution in [1.82, 2.24) is 5.32 Å². The Bertz CT molecular complexity index is 363. The molecule has 0 heterocycles. The van der Waals surface area contributed by atoms with Gasteiger partial charge in [-0.2, -0.15) is 0 Å². The lowest BCUT2D eigenvalue weighted by Gasteiger charge is -2.05. The Labute approximate surface area is 102 Å². The van der Waals surface area contributed by atoms with Crippen LogP contribution in [0.1, 0.15) is 35.7 Å². The number of hydrogen-bond acceptors (Lipinski definition) is 2. The van der Waals surface area contributed by atoms with Crippen molar-refractivity contribution in [3.05, 3.63) is 34.3 Å². The Kier molecular flexibility index (Phi) is 5.50. The Morgan fingerprint density at radius 2 is 2.19 bits per heavy atom. The van der Waals surface area contributed by atoms with E-state index >= 15 is 0 Å². The van der Waals surface area contributed by atoms with Crippen LogP contribution in [0.5, 0.6) is 0 Å². The number of benzene rings is 1. The molecule has 16 heavy (non-hydrogen) atoms. The quantitative estimate of drug-likeness (QED) is 0.610. The van der Waals surface area contributed by atoms with Crippen molar-refractivity contribution in [1.29, 1.82) is 0 Å². The largest absolute Gasteiger partial charge is 0.310 e. The minimum atomic E-state index is 0.121. The molecule has 0 bridgehead atoms. The summed E-state index contributed by atoms with van der Waals surface area (Å²) in [5, 5.41) is 3.84. The Morgan fingerprint density at radius 1 is 1.44 bits per heavy atom. The zero-order chi connectivity index (χ0) is 12.0. The van der Waals surface area contributed by atoms with Crippen LogP contribution < -0.4 is 5.32 Å². The second-order valence-corrected chi connectivity index (χ2v) is 4.32.